The van der Waals surface area contributed by atoms with Crippen molar-refractivity contribution in [2.75, 3.05) is 13.1 Å². The lowest BCUT2D eigenvalue weighted by Crippen LogP contribution is -2.27. The van der Waals surface area contributed by atoms with E-state index < -0.39 is 0 Å². The number of likely N-dealkylation sites (tertiary alicyclic amines) is 1. The molecule has 23 heavy (non-hydrogen) atoms. The van der Waals surface area contributed by atoms with E-state index >= 15 is 0 Å². The van der Waals surface area contributed by atoms with E-state index in [1.54, 1.807) is 0 Å². The molecule has 0 bridgehead atoms. The van der Waals surface area contributed by atoms with Crippen LogP contribution in [0.15, 0.2) is 60.7 Å². The van der Waals surface area contributed by atoms with Crippen molar-refractivity contribution in [2.24, 2.45) is 5.92 Å². The average molecular weight is 309 g/mol. The first-order valence-electron chi connectivity index (χ1n) is 8.23. The van der Waals surface area contributed by atoms with Crippen LogP contribution in [0.4, 0.5) is 0 Å². The zero-order valence-electron chi connectivity index (χ0n) is 13.5. The number of nitrogens with zero attached hydrogens (tertiary/aromatic N) is 1. The van der Waals surface area contributed by atoms with Crippen LogP contribution >= 0.6 is 0 Å². The van der Waals surface area contributed by atoms with E-state index in [0.717, 1.165) is 25.1 Å². The number of benzene rings is 2. The summed E-state index contributed by atoms with van der Waals surface area (Å²) in [5.74, 6) is -0.0820. The van der Waals surface area contributed by atoms with Crippen LogP contribution in [0.3, 0.4) is 0 Å². The van der Waals surface area contributed by atoms with Crippen LogP contribution in [0, 0.1) is 5.92 Å². The molecule has 0 amide bonds. The Bertz CT molecular complexity index is 627. The van der Waals surface area contributed by atoms with E-state index in [1.807, 2.05) is 36.4 Å². The van der Waals surface area contributed by atoms with Crippen LogP contribution in [0.2, 0.25) is 0 Å². The third kappa shape index (κ3) is 3.99. The molecule has 3 rings (SSSR count). The van der Waals surface area contributed by atoms with Crippen molar-refractivity contribution < 1.29 is 9.53 Å². The maximum atomic E-state index is 12.3. The molecule has 0 unspecified atom stereocenters. The minimum absolute atomic E-state index is 0.00938. The molecule has 0 N–H and O–H groups in total. The Kier molecular flexibility index (Phi) is 5.09. The van der Waals surface area contributed by atoms with Crippen LogP contribution in [0.5, 0.6) is 0 Å². The summed E-state index contributed by atoms with van der Waals surface area (Å²) >= 11 is 0. The second-order valence-electron chi connectivity index (χ2n) is 6.16. The molecule has 1 aliphatic heterocycles. The summed E-state index contributed by atoms with van der Waals surface area (Å²) in [6.07, 6.45) is 0.880. The molecule has 1 heterocycles. The molecule has 0 aliphatic carbocycles. The SMILES string of the molecule is C[C@H](c1ccccc1)N1CC[C@H](C(=O)OCc2ccccc2)C1. The summed E-state index contributed by atoms with van der Waals surface area (Å²) < 4.78 is 5.48. The van der Waals surface area contributed by atoms with Gasteiger partial charge in [-0.2, -0.15) is 0 Å². The summed E-state index contributed by atoms with van der Waals surface area (Å²) in [7, 11) is 0. The van der Waals surface area contributed by atoms with Crippen LogP contribution < -0.4 is 0 Å². The first kappa shape index (κ1) is 15.8. The highest BCUT2D eigenvalue weighted by Crippen LogP contribution is 2.28. The smallest absolute Gasteiger partial charge is 0.310 e. The molecule has 0 radical (unpaired) electrons. The van der Waals surface area contributed by atoms with Gasteiger partial charge in [0.2, 0.25) is 0 Å². The Balaban J connectivity index is 1.52. The molecule has 0 spiro atoms. The van der Waals surface area contributed by atoms with Gasteiger partial charge in [-0.25, -0.2) is 0 Å². The van der Waals surface area contributed by atoms with E-state index in [0.29, 0.717) is 12.6 Å². The van der Waals surface area contributed by atoms with Crippen LogP contribution in [0.1, 0.15) is 30.5 Å². The van der Waals surface area contributed by atoms with Crippen molar-refractivity contribution in [1.82, 2.24) is 4.90 Å². The summed E-state index contributed by atoms with van der Waals surface area (Å²) in [5.41, 5.74) is 2.33. The molecule has 2 aromatic carbocycles. The summed E-state index contributed by atoms with van der Waals surface area (Å²) in [5, 5.41) is 0. The van der Waals surface area contributed by atoms with Crippen molar-refractivity contribution >= 4 is 5.97 Å². The lowest BCUT2D eigenvalue weighted by molar-refractivity contribution is -0.149. The van der Waals surface area contributed by atoms with Crippen molar-refractivity contribution in [1.29, 1.82) is 0 Å². The number of esters is 1. The molecular weight excluding hydrogens is 286 g/mol. The zero-order valence-corrected chi connectivity index (χ0v) is 13.5. The zero-order chi connectivity index (χ0) is 16.1. The highest BCUT2D eigenvalue weighted by atomic mass is 16.5. The van der Waals surface area contributed by atoms with Crippen LogP contribution in [0.25, 0.3) is 0 Å². The molecule has 3 nitrogen and oxygen atoms in total. The number of carbonyl (C=O) groups excluding carboxylic acids is 1. The number of hydrogen-bond acceptors (Lipinski definition) is 3. The van der Waals surface area contributed by atoms with Crippen molar-refractivity contribution in [3.8, 4) is 0 Å². The van der Waals surface area contributed by atoms with Gasteiger partial charge in [0, 0.05) is 12.6 Å². The fourth-order valence-corrected chi connectivity index (χ4v) is 3.12. The predicted octanol–water partition coefficient (Wildman–Crippen LogP) is 3.81. The minimum Gasteiger partial charge on any atom is -0.461 e. The standard InChI is InChI=1S/C20H23NO2/c1-16(18-10-6-3-7-11-18)21-13-12-19(14-21)20(22)23-15-17-8-4-2-5-9-17/h2-11,16,19H,12-15H2,1H3/t16-,19+/m1/s1. The third-order valence-corrected chi connectivity index (χ3v) is 4.61. The average Bonchev–Trinajstić information content (AvgIpc) is 3.11. The van der Waals surface area contributed by atoms with E-state index in [1.165, 1.54) is 5.56 Å². The molecule has 2 aromatic rings. The highest BCUT2D eigenvalue weighted by Gasteiger charge is 2.32. The summed E-state index contributed by atoms with van der Waals surface area (Å²) in [4.78, 5) is 14.6. The van der Waals surface area contributed by atoms with Gasteiger partial charge in [0.05, 0.1) is 5.92 Å². The highest BCUT2D eigenvalue weighted by molar-refractivity contribution is 5.73. The second-order valence-corrected chi connectivity index (χ2v) is 6.16. The van der Waals surface area contributed by atoms with Gasteiger partial charge in [-0.3, -0.25) is 9.69 Å². The van der Waals surface area contributed by atoms with Gasteiger partial charge in [-0.1, -0.05) is 60.7 Å². The first-order valence-corrected chi connectivity index (χ1v) is 8.23. The van der Waals surface area contributed by atoms with E-state index in [2.05, 4.69) is 36.1 Å². The van der Waals surface area contributed by atoms with Gasteiger partial charge < -0.3 is 4.74 Å². The van der Waals surface area contributed by atoms with Gasteiger partial charge in [-0.05, 0) is 31.0 Å². The lowest BCUT2D eigenvalue weighted by Gasteiger charge is -2.24. The van der Waals surface area contributed by atoms with Gasteiger partial charge in [0.25, 0.3) is 0 Å². The Labute approximate surface area is 137 Å². The van der Waals surface area contributed by atoms with E-state index in [4.69, 9.17) is 4.74 Å². The molecule has 3 heteroatoms. The quantitative estimate of drug-likeness (QED) is 0.787. The predicted molar refractivity (Wildman–Crippen MR) is 90.8 cm³/mol. The fourth-order valence-electron chi connectivity index (χ4n) is 3.12. The summed E-state index contributed by atoms with van der Waals surface area (Å²) in [6.45, 7) is 4.29. The fraction of sp³-hybridized carbons (Fsp3) is 0.350. The largest absolute Gasteiger partial charge is 0.461 e. The normalized spacial score (nSPS) is 19.4. The molecule has 2 atom stereocenters. The van der Waals surface area contributed by atoms with Gasteiger partial charge in [-0.15, -0.1) is 0 Å². The molecule has 1 fully saturated rings. The van der Waals surface area contributed by atoms with E-state index in [-0.39, 0.29) is 11.9 Å². The van der Waals surface area contributed by atoms with Crippen molar-refractivity contribution in [3.05, 3.63) is 71.8 Å². The molecule has 1 aliphatic rings. The van der Waals surface area contributed by atoms with E-state index in [9.17, 15) is 4.79 Å². The Morgan fingerprint density at radius 2 is 1.78 bits per heavy atom. The number of ether oxygens (including phenoxy) is 1. The molecule has 0 saturated carbocycles. The number of hydrogen-bond donors (Lipinski definition) is 0. The van der Waals surface area contributed by atoms with Crippen molar-refractivity contribution in [3.63, 3.8) is 0 Å². The van der Waals surface area contributed by atoms with Gasteiger partial charge >= 0.3 is 5.97 Å². The second kappa shape index (κ2) is 7.42. The van der Waals surface area contributed by atoms with Crippen molar-refractivity contribution in [2.45, 2.75) is 26.0 Å². The minimum atomic E-state index is -0.0726. The Hall–Kier alpha value is -2.13. The lowest BCUT2D eigenvalue weighted by atomic mass is 10.1. The Morgan fingerprint density at radius 3 is 2.48 bits per heavy atom. The topological polar surface area (TPSA) is 29.5 Å². The maximum absolute atomic E-state index is 12.3. The molecule has 1 saturated heterocycles. The number of carbonyl (C=O) groups is 1. The number of rotatable bonds is 5. The van der Waals surface area contributed by atoms with Crippen LogP contribution in [-0.4, -0.2) is 24.0 Å². The molecule has 120 valence electrons. The monoisotopic (exact) mass is 309 g/mol. The van der Waals surface area contributed by atoms with Crippen LogP contribution in [-0.2, 0) is 16.1 Å². The summed E-state index contributed by atoms with van der Waals surface area (Å²) in [6, 6.07) is 20.6. The first-order chi connectivity index (χ1) is 11.2. The Morgan fingerprint density at radius 1 is 1.13 bits per heavy atom. The maximum Gasteiger partial charge on any atom is 0.310 e. The molecule has 0 aromatic heterocycles. The van der Waals surface area contributed by atoms with Gasteiger partial charge in [0.15, 0.2) is 0 Å². The molecular formula is C20H23NO2. The third-order valence-electron chi connectivity index (χ3n) is 4.61. The van der Waals surface area contributed by atoms with Gasteiger partial charge in [0.1, 0.15) is 6.61 Å².